The van der Waals surface area contributed by atoms with Crippen LogP contribution in [0, 0.1) is 5.92 Å². The Hall–Kier alpha value is -1.61. The molecule has 3 nitrogen and oxygen atoms in total. The Labute approximate surface area is 119 Å². The van der Waals surface area contributed by atoms with Crippen molar-refractivity contribution in [3.8, 4) is 0 Å². The zero-order valence-electron chi connectivity index (χ0n) is 12.1. The van der Waals surface area contributed by atoms with Crippen molar-refractivity contribution >= 4 is 16.8 Å². The molecule has 1 aliphatic carbocycles. The van der Waals surface area contributed by atoms with Crippen LogP contribution in [0.3, 0.4) is 0 Å². The van der Waals surface area contributed by atoms with Gasteiger partial charge < -0.3 is 4.42 Å². The summed E-state index contributed by atoms with van der Waals surface area (Å²) in [5.41, 5.74) is 0.790. The summed E-state index contributed by atoms with van der Waals surface area (Å²) in [6.45, 7) is 5.85. The molecule has 1 saturated carbocycles. The van der Waals surface area contributed by atoms with Crippen molar-refractivity contribution in [2.75, 3.05) is 13.1 Å². The summed E-state index contributed by atoms with van der Waals surface area (Å²) < 4.78 is 5.66. The van der Waals surface area contributed by atoms with E-state index in [4.69, 9.17) is 4.42 Å². The molecule has 3 heteroatoms. The second kappa shape index (κ2) is 5.41. The lowest BCUT2D eigenvalue weighted by atomic mass is 10.2. The van der Waals surface area contributed by atoms with E-state index in [1.54, 1.807) is 0 Å². The summed E-state index contributed by atoms with van der Waals surface area (Å²) >= 11 is 0. The molecule has 1 aromatic carbocycles. The van der Waals surface area contributed by atoms with Gasteiger partial charge in [0.1, 0.15) is 5.58 Å². The number of para-hydroxylation sites is 1. The van der Waals surface area contributed by atoms with Gasteiger partial charge in [0.2, 0.25) is 5.78 Å². The van der Waals surface area contributed by atoms with E-state index in [2.05, 4.69) is 18.7 Å². The number of furan rings is 1. The molecule has 0 aliphatic heterocycles. The summed E-state index contributed by atoms with van der Waals surface area (Å²) in [4.78, 5) is 14.7. The van der Waals surface area contributed by atoms with E-state index >= 15 is 0 Å². The smallest absolute Gasteiger partial charge is 0.211 e. The van der Waals surface area contributed by atoms with Crippen LogP contribution < -0.4 is 0 Å². The SMILES string of the molecule is CC(C)CN(CC(=O)c1cc2ccccc2o1)C1CC1. The van der Waals surface area contributed by atoms with Crippen LogP contribution in [0.15, 0.2) is 34.7 Å². The molecule has 106 valence electrons. The topological polar surface area (TPSA) is 33.5 Å². The fourth-order valence-corrected chi connectivity index (χ4v) is 2.63. The van der Waals surface area contributed by atoms with E-state index in [1.807, 2.05) is 30.3 Å². The molecule has 0 radical (unpaired) electrons. The molecule has 1 aromatic heterocycles. The fraction of sp³-hybridized carbons (Fsp3) is 0.471. The third-order valence-corrected chi connectivity index (χ3v) is 3.71. The summed E-state index contributed by atoms with van der Waals surface area (Å²) in [5, 5.41) is 0.998. The van der Waals surface area contributed by atoms with Crippen LogP contribution in [0.2, 0.25) is 0 Å². The predicted molar refractivity (Wildman–Crippen MR) is 80.0 cm³/mol. The summed E-state index contributed by atoms with van der Waals surface area (Å²) in [6, 6.07) is 10.2. The zero-order chi connectivity index (χ0) is 14.1. The van der Waals surface area contributed by atoms with Crippen LogP contribution >= 0.6 is 0 Å². The maximum Gasteiger partial charge on any atom is 0.211 e. The molecule has 2 aromatic rings. The van der Waals surface area contributed by atoms with E-state index < -0.39 is 0 Å². The molecular weight excluding hydrogens is 250 g/mol. The molecule has 20 heavy (non-hydrogen) atoms. The summed E-state index contributed by atoms with van der Waals surface area (Å²) in [5.74, 6) is 1.16. The summed E-state index contributed by atoms with van der Waals surface area (Å²) in [6.07, 6.45) is 2.44. The van der Waals surface area contributed by atoms with E-state index in [-0.39, 0.29) is 5.78 Å². The first-order chi connectivity index (χ1) is 9.63. The molecule has 0 atom stereocenters. The second-order valence-electron chi connectivity index (χ2n) is 6.13. The maximum atomic E-state index is 12.4. The number of carbonyl (C=O) groups is 1. The quantitative estimate of drug-likeness (QED) is 0.750. The minimum atomic E-state index is 0.0914. The number of benzene rings is 1. The molecule has 0 saturated heterocycles. The molecule has 0 unspecified atom stereocenters. The molecule has 0 N–H and O–H groups in total. The first-order valence-electron chi connectivity index (χ1n) is 7.39. The third-order valence-electron chi connectivity index (χ3n) is 3.71. The molecule has 1 fully saturated rings. The predicted octanol–water partition coefficient (Wildman–Crippen LogP) is 3.74. The number of carbonyl (C=O) groups excluding carboxylic acids is 1. The largest absolute Gasteiger partial charge is 0.453 e. The highest BCUT2D eigenvalue weighted by molar-refractivity contribution is 5.98. The van der Waals surface area contributed by atoms with E-state index in [9.17, 15) is 4.79 Å². The van der Waals surface area contributed by atoms with Crippen molar-refractivity contribution in [2.45, 2.75) is 32.7 Å². The van der Waals surface area contributed by atoms with Crippen LogP contribution in [-0.4, -0.2) is 29.8 Å². The van der Waals surface area contributed by atoms with Crippen molar-refractivity contribution in [2.24, 2.45) is 5.92 Å². The number of nitrogens with zero attached hydrogens (tertiary/aromatic N) is 1. The average Bonchev–Trinajstić information content (AvgIpc) is 3.16. The Balaban J connectivity index is 1.74. The van der Waals surface area contributed by atoms with Gasteiger partial charge in [-0.2, -0.15) is 0 Å². The molecule has 0 amide bonds. The van der Waals surface area contributed by atoms with Crippen LogP contribution in [0.25, 0.3) is 11.0 Å². The van der Waals surface area contributed by atoms with Crippen LogP contribution in [-0.2, 0) is 0 Å². The van der Waals surface area contributed by atoms with Crippen LogP contribution in [0.4, 0.5) is 0 Å². The Morgan fingerprint density at radius 3 is 2.75 bits per heavy atom. The minimum absolute atomic E-state index is 0.0914. The highest BCUT2D eigenvalue weighted by atomic mass is 16.3. The monoisotopic (exact) mass is 271 g/mol. The maximum absolute atomic E-state index is 12.4. The van der Waals surface area contributed by atoms with Gasteiger partial charge in [-0.3, -0.25) is 9.69 Å². The van der Waals surface area contributed by atoms with Crippen molar-refractivity contribution in [1.82, 2.24) is 4.90 Å². The lowest BCUT2D eigenvalue weighted by Gasteiger charge is -2.22. The lowest BCUT2D eigenvalue weighted by molar-refractivity contribution is 0.0890. The number of fused-ring (bicyclic) bond motifs is 1. The Morgan fingerprint density at radius 1 is 1.35 bits per heavy atom. The zero-order valence-corrected chi connectivity index (χ0v) is 12.1. The van der Waals surface area contributed by atoms with Crippen LogP contribution in [0.1, 0.15) is 37.2 Å². The molecular formula is C17H21NO2. The summed E-state index contributed by atoms with van der Waals surface area (Å²) in [7, 11) is 0. The Morgan fingerprint density at radius 2 is 2.10 bits per heavy atom. The second-order valence-corrected chi connectivity index (χ2v) is 6.13. The van der Waals surface area contributed by atoms with Gasteiger partial charge >= 0.3 is 0 Å². The first-order valence-corrected chi connectivity index (χ1v) is 7.39. The van der Waals surface area contributed by atoms with Gasteiger partial charge in [-0.25, -0.2) is 0 Å². The van der Waals surface area contributed by atoms with Gasteiger partial charge in [-0.15, -0.1) is 0 Å². The van der Waals surface area contributed by atoms with Gasteiger partial charge in [0, 0.05) is 18.0 Å². The number of hydrogen-bond donors (Lipinski definition) is 0. The highest BCUT2D eigenvalue weighted by Crippen LogP contribution is 2.28. The van der Waals surface area contributed by atoms with E-state index in [1.165, 1.54) is 12.8 Å². The van der Waals surface area contributed by atoms with Crippen molar-refractivity contribution in [3.05, 3.63) is 36.1 Å². The lowest BCUT2D eigenvalue weighted by Crippen LogP contribution is -2.34. The van der Waals surface area contributed by atoms with Crippen LogP contribution in [0.5, 0.6) is 0 Å². The number of hydrogen-bond acceptors (Lipinski definition) is 3. The molecule has 0 spiro atoms. The van der Waals surface area contributed by atoms with Crippen molar-refractivity contribution < 1.29 is 9.21 Å². The van der Waals surface area contributed by atoms with E-state index in [0.29, 0.717) is 24.3 Å². The van der Waals surface area contributed by atoms with E-state index in [0.717, 1.165) is 17.5 Å². The third kappa shape index (κ3) is 2.93. The van der Waals surface area contributed by atoms with Gasteiger partial charge in [0.15, 0.2) is 5.76 Å². The number of Topliss-reactive ketones (excluding diaryl/α,β-unsaturated/α-hetero) is 1. The molecule has 0 bridgehead atoms. The van der Waals surface area contributed by atoms with Crippen molar-refractivity contribution in [3.63, 3.8) is 0 Å². The van der Waals surface area contributed by atoms with Gasteiger partial charge in [-0.05, 0) is 30.9 Å². The minimum Gasteiger partial charge on any atom is -0.453 e. The fourth-order valence-electron chi connectivity index (χ4n) is 2.63. The highest BCUT2D eigenvalue weighted by Gasteiger charge is 2.31. The van der Waals surface area contributed by atoms with Gasteiger partial charge in [0.05, 0.1) is 6.54 Å². The average molecular weight is 271 g/mol. The number of rotatable bonds is 6. The molecule has 1 aliphatic rings. The Bertz CT molecular complexity index is 577. The molecule has 3 rings (SSSR count). The standard InChI is InChI=1S/C17H21NO2/c1-12(2)10-18(14-7-8-14)11-15(19)17-9-13-5-3-4-6-16(13)20-17/h3-6,9,12,14H,7-8,10-11H2,1-2H3. The number of ketones is 1. The first kappa shape index (κ1) is 13.4. The Kier molecular flexibility index (Phi) is 3.62. The van der Waals surface area contributed by atoms with Crippen molar-refractivity contribution in [1.29, 1.82) is 0 Å². The van der Waals surface area contributed by atoms with Gasteiger partial charge in [-0.1, -0.05) is 32.0 Å². The molecule has 1 heterocycles. The van der Waals surface area contributed by atoms with Gasteiger partial charge in [0.25, 0.3) is 0 Å². The normalized spacial score (nSPS) is 15.4.